The molecule has 0 aliphatic carbocycles. The van der Waals surface area contributed by atoms with Gasteiger partial charge in [-0.25, -0.2) is 0 Å². The molecule has 0 fully saturated rings. The van der Waals surface area contributed by atoms with Gasteiger partial charge in [0.15, 0.2) is 0 Å². The number of ether oxygens (including phenoxy) is 1. The van der Waals surface area contributed by atoms with Crippen molar-refractivity contribution in [1.29, 1.82) is 0 Å². The fraction of sp³-hybridized carbons (Fsp3) is 0.714. The Balaban J connectivity index is 0. The number of halogens is 3. The van der Waals surface area contributed by atoms with Crippen LogP contribution in [0.15, 0.2) is 11.6 Å². The van der Waals surface area contributed by atoms with Crippen LogP contribution in [0, 0.1) is 0 Å². The number of allylic oxidation sites excluding steroid dienone is 1. The van der Waals surface area contributed by atoms with Crippen LogP contribution in [0.3, 0.4) is 0 Å². The van der Waals surface area contributed by atoms with Gasteiger partial charge in [0.1, 0.15) is 0 Å². The van der Waals surface area contributed by atoms with Crippen molar-refractivity contribution in [2.75, 3.05) is 13.7 Å². The third kappa shape index (κ3) is 5.91. The molecule has 0 aliphatic rings. The monoisotopic (exact) mass is 170 g/mol. The van der Waals surface area contributed by atoms with Crippen molar-refractivity contribution in [2.45, 2.75) is 20.5 Å². The van der Waals surface area contributed by atoms with E-state index >= 15 is 0 Å². The van der Waals surface area contributed by atoms with E-state index in [1.54, 1.807) is 0 Å². The lowest BCUT2D eigenvalue weighted by Gasteiger charge is -2.04. The third-order valence-corrected chi connectivity index (χ3v) is 1.00. The highest BCUT2D eigenvalue weighted by atomic mass is 19.4. The van der Waals surface area contributed by atoms with Gasteiger partial charge in [-0.2, -0.15) is 13.2 Å². The van der Waals surface area contributed by atoms with Gasteiger partial charge in [-0.1, -0.05) is 13.5 Å². The lowest BCUT2D eigenvalue weighted by atomic mass is 10.3. The van der Waals surface area contributed by atoms with Crippen molar-refractivity contribution >= 4 is 0 Å². The quantitative estimate of drug-likeness (QED) is 0.579. The minimum absolute atomic E-state index is 0. The van der Waals surface area contributed by atoms with Gasteiger partial charge in [0.2, 0.25) is 0 Å². The number of rotatable bonds is 2. The Morgan fingerprint density at radius 2 is 1.91 bits per heavy atom. The molecule has 68 valence electrons. The molecule has 0 bridgehead atoms. The van der Waals surface area contributed by atoms with E-state index in [1.165, 1.54) is 7.11 Å². The molecule has 0 amide bonds. The van der Waals surface area contributed by atoms with Gasteiger partial charge >= 0.3 is 6.18 Å². The number of hydrogen-bond donors (Lipinski definition) is 0. The smallest absolute Gasteiger partial charge is 0.381 e. The Labute approximate surface area is 64.9 Å². The van der Waals surface area contributed by atoms with Crippen LogP contribution >= 0.6 is 0 Å². The highest BCUT2D eigenvalue weighted by Crippen LogP contribution is 2.24. The average molecular weight is 170 g/mol. The van der Waals surface area contributed by atoms with Crippen LogP contribution in [-0.2, 0) is 4.74 Å². The summed E-state index contributed by atoms with van der Waals surface area (Å²) < 4.78 is 39.4. The fourth-order valence-corrected chi connectivity index (χ4v) is 0.324. The molecule has 0 rings (SSSR count). The minimum Gasteiger partial charge on any atom is -0.381 e. The predicted octanol–water partition coefficient (Wildman–Crippen LogP) is 2.78. The van der Waals surface area contributed by atoms with Crippen molar-refractivity contribution < 1.29 is 17.9 Å². The van der Waals surface area contributed by atoms with Crippen LogP contribution in [0.2, 0.25) is 0 Å². The summed E-state index contributed by atoms with van der Waals surface area (Å²) in [4.78, 5) is 0. The Bertz CT molecular complexity index is 126. The van der Waals surface area contributed by atoms with Gasteiger partial charge in [0.05, 0.1) is 6.61 Å². The zero-order valence-corrected chi connectivity index (χ0v) is 5.83. The van der Waals surface area contributed by atoms with Gasteiger partial charge in [-0.15, -0.1) is 0 Å². The van der Waals surface area contributed by atoms with Crippen LogP contribution in [0.5, 0.6) is 0 Å². The lowest BCUT2D eigenvalue weighted by Crippen LogP contribution is -2.09. The second-order valence-corrected chi connectivity index (χ2v) is 1.84. The SMILES string of the molecule is C.COC/C=C(/C)C(F)(F)F. The summed E-state index contributed by atoms with van der Waals surface area (Å²) in [5.74, 6) is 0. The summed E-state index contributed by atoms with van der Waals surface area (Å²) in [6.45, 7) is 1.02. The van der Waals surface area contributed by atoms with Crippen LogP contribution in [0.25, 0.3) is 0 Å². The first-order chi connectivity index (χ1) is 4.48. The van der Waals surface area contributed by atoms with Gasteiger partial charge in [0.25, 0.3) is 0 Å². The van der Waals surface area contributed by atoms with Crippen molar-refractivity contribution in [3.8, 4) is 0 Å². The highest BCUT2D eigenvalue weighted by molar-refractivity contribution is 5.04. The molecule has 0 aromatic heterocycles. The molecule has 0 aromatic carbocycles. The van der Waals surface area contributed by atoms with Crippen molar-refractivity contribution in [3.63, 3.8) is 0 Å². The van der Waals surface area contributed by atoms with Crippen molar-refractivity contribution in [2.24, 2.45) is 0 Å². The zero-order valence-electron chi connectivity index (χ0n) is 5.83. The summed E-state index contributed by atoms with van der Waals surface area (Å²) in [5.41, 5.74) is -0.616. The fourth-order valence-electron chi connectivity index (χ4n) is 0.324. The third-order valence-electron chi connectivity index (χ3n) is 1.00. The Morgan fingerprint density at radius 3 is 2.18 bits per heavy atom. The van der Waals surface area contributed by atoms with E-state index in [1.807, 2.05) is 0 Å². The maximum absolute atomic E-state index is 11.6. The zero-order chi connectivity index (χ0) is 8.20. The molecule has 0 atom stereocenters. The summed E-state index contributed by atoms with van der Waals surface area (Å²) in [6, 6.07) is 0. The molecular formula is C7H13F3O. The molecule has 0 aromatic rings. The predicted molar refractivity (Wildman–Crippen MR) is 38.4 cm³/mol. The van der Waals surface area contributed by atoms with E-state index in [-0.39, 0.29) is 14.0 Å². The number of alkyl halides is 3. The molecular weight excluding hydrogens is 157 g/mol. The van der Waals surface area contributed by atoms with Crippen molar-refractivity contribution in [1.82, 2.24) is 0 Å². The topological polar surface area (TPSA) is 9.23 Å². The highest BCUT2D eigenvalue weighted by Gasteiger charge is 2.29. The van der Waals surface area contributed by atoms with E-state index in [0.29, 0.717) is 0 Å². The van der Waals surface area contributed by atoms with Crippen LogP contribution in [0.4, 0.5) is 13.2 Å². The Hall–Kier alpha value is -0.510. The molecule has 1 nitrogen and oxygen atoms in total. The summed E-state index contributed by atoms with van der Waals surface area (Å²) in [5, 5.41) is 0. The van der Waals surface area contributed by atoms with E-state index in [4.69, 9.17) is 0 Å². The minimum atomic E-state index is -4.21. The number of hydrogen-bond acceptors (Lipinski definition) is 1. The van der Waals surface area contributed by atoms with Crippen LogP contribution in [-0.4, -0.2) is 19.9 Å². The molecule has 0 unspecified atom stereocenters. The first-order valence-corrected chi connectivity index (χ1v) is 2.71. The second-order valence-electron chi connectivity index (χ2n) is 1.84. The summed E-state index contributed by atoms with van der Waals surface area (Å²) in [7, 11) is 1.35. The molecule has 0 heterocycles. The summed E-state index contributed by atoms with van der Waals surface area (Å²) >= 11 is 0. The molecule has 0 radical (unpaired) electrons. The van der Waals surface area contributed by atoms with Gasteiger partial charge < -0.3 is 4.74 Å². The molecule has 0 aliphatic heterocycles. The summed E-state index contributed by atoms with van der Waals surface area (Å²) in [6.07, 6.45) is -3.21. The van der Waals surface area contributed by atoms with E-state index < -0.39 is 11.7 Å². The van der Waals surface area contributed by atoms with E-state index in [0.717, 1.165) is 13.0 Å². The second kappa shape index (κ2) is 5.18. The van der Waals surface area contributed by atoms with Crippen LogP contribution < -0.4 is 0 Å². The average Bonchev–Trinajstić information content (AvgIpc) is 1.80. The first kappa shape index (κ1) is 13.1. The molecule has 0 saturated carbocycles. The largest absolute Gasteiger partial charge is 0.412 e. The van der Waals surface area contributed by atoms with E-state index in [9.17, 15) is 13.2 Å². The molecule has 11 heavy (non-hydrogen) atoms. The lowest BCUT2D eigenvalue weighted by molar-refractivity contribution is -0.0918. The van der Waals surface area contributed by atoms with E-state index in [2.05, 4.69) is 4.74 Å². The molecule has 0 saturated heterocycles. The molecule has 0 spiro atoms. The Kier molecular flexibility index (Phi) is 6.17. The maximum Gasteiger partial charge on any atom is 0.412 e. The first-order valence-electron chi connectivity index (χ1n) is 2.71. The van der Waals surface area contributed by atoms with Gasteiger partial charge in [0, 0.05) is 12.7 Å². The van der Waals surface area contributed by atoms with Gasteiger partial charge in [-0.05, 0) is 6.92 Å². The Morgan fingerprint density at radius 1 is 1.45 bits per heavy atom. The normalized spacial score (nSPS) is 12.6. The molecule has 0 N–H and O–H groups in total. The van der Waals surface area contributed by atoms with Crippen LogP contribution in [0.1, 0.15) is 14.4 Å². The number of methoxy groups -OCH3 is 1. The van der Waals surface area contributed by atoms with Gasteiger partial charge in [-0.3, -0.25) is 0 Å². The molecule has 4 heteroatoms. The van der Waals surface area contributed by atoms with Crippen molar-refractivity contribution in [3.05, 3.63) is 11.6 Å². The standard InChI is InChI=1S/C6H9F3O.CH4/c1-5(3-4-10-2)6(7,8)9;/h3H,4H2,1-2H3;1H4/b5-3-;. The maximum atomic E-state index is 11.6.